The van der Waals surface area contributed by atoms with Crippen LogP contribution in [0.15, 0.2) is 72.8 Å². The minimum Gasteiger partial charge on any atom is -0.322 e. The van der Waals surface area contributed by atoms with Crippen LogP contribution in [-0.2, 0) is 0 Å². The van der Waals surface area contributed by atoms with Crippen LogP contribution in [0, 0.1) is 11.3 Å². The van der Waals surface area contributed by atoms with Gasteiger partial charge in [-0.25, -0.2) is 0 Å². The molecule has 4 heteroatoms. The van der Waals surface area contributed by atoms with E-state index in [1.807, 2.05) is 60.7 Å². The van der Waals surface area contributed by atoms with E-state index in [-0.39, 0.29) is 11.5 Å². The van der Waals surface area contributed by atoms with Crippen molar-refractivity contribution in [2.45, 2.75) is 0 Å². The molecule has 1 N–H and O–H groups in total. The van der Waals surface area contributed by atoms with Gasteiger partial charge < -0.3 is 5.32 Å². The van der Waals surface area contributed by atoms with Gasteiger partial charge in [-0.05, 0) is 41.5 Å². The molecule has 0 bridgehead atoms. The van der Waals surface area contributed by atoms with Crippen molar-refractivity contribution in [1.82, 2.24) is 0 Å². The number of hydrogen-bond acceptors (Lipinski definition) is 2. The Labute approximate surface area is 145 Å². The van der Waals surface area contributed by atoms with Crippen LogP contribution in [0.25, 0.3) is 11.1 Å². The molecule has 116 valence electrons. The number of hydrogen-bond donors (Lipinski definition) is 1. The van der Waals surface area contributed by atoms with E-state index in [9.17, 15) is 4.79 Å². The zero-order valence-electron chi connectivity index (χ0n) is 12.7. The number of amides is 1. The Morgan fingerprint density at radius 2 is 1.58 bits per heavy atom. The van der Waals surface area contributed by atoms with Gasteiger partial charge >= 0.3 is 0 Å². The van der Waals surface area contributed by atoms with Gasteiger partial charge in [0.1, 0.15) is 0 Å². The van der Waals surface area contributed by atoms with Crippen molar-refractivity contribution in [2.75, 3.05) is 5.32 Å². The van der Waals surface area contributed by atoms with Gasteiger partial charge in [0.15, 0.2) is 0 Å². The summed E-state index contributed by atoms with van der Waals surface area (Å²) >= 11 is 6.05. The normalized spacial score (nSPS) is 10.0. The molecule has 0 radical (unpaired) electrons. The lowest BCUT2D eigenvalue weighted by Gasteiger charge is -2.08. The first-order chi connectivity index (χ1) is 11.7. The van der Waals surface area contributed by atoms with Gasteiger partial charge in [-0.1, -0.05) is 54.1 Å². The number of benzene rings is 3. The monoisotopic (exact) mass is 332 g/mol. The second kappa shape index (κ2) is 6.99. The van der Waals surface area contributed by atoms with E-state index in [1.165, 1.54) is 6.07 Å². The summed E-state index contributed by atoms with van der Waals surface area (Å²) in [4.78, 5) is 12.4. The lowest BCUT2D eigenvalue weighted by Crippen LogP contribution is -2.12. The van der Waals surface area contributed by atoms with Gasteiger partial charge in [0, 0.05) is 5.69 Å². The number of nitriles is 1. The third-order valence-electron chi connectivity index (χ3n) is 3.59. The van der Waals surface area contributed by atoms with Gasteiger partial charge in [-0.15, -0.1) is 0 Å². The Morgan fingerprint density at radius 3 is 2.25 bits per heavy atom. The summed E-state index contributed by atoms with van der Waals surface area (Å²) in [5.74, 6) is -0.343. The minimum atomic E-state index is -0.343. The molecule has 3 aromatic carbocycles. The maximum absolute atomic E-state index is 12.4. The van der Waals surface area contributed by atoms with Gasteiger partial charge in [0.25, 0.3) is 5.91 Å². The Hall–Kier alpha value is -3.09. The quantitative estimate of drug-likeness (QED) is 0.722. The molecule has 0 saturated heterocycles. The minimum absolute atomic E-state index is 0.280. The molecule has 0 aliphatic heterocycles. The Bertz CT molecular complexity index is 913. The largest absolute Gasteiger partial charge is 0.322 e. The van der Waals surface area contributed by atoms with Crippen LogP contribution in [0.4, 0.5) is 5.69 Å². The Kier molecular flexibility index (Phi) is 4.60. The molecular formula is C20H13ClN2O. The molecule has 24 heavy (non-hydrogen) atoms. The fourth-order valence-electron chi connectivity index (χ4n) is 2.34. The molecule has 3 nitrogen and oxygen atoms in total. The summed E-state index contributed by atoms with van der Waals surface area (Å²) in [5, 5.41) is 12.0. The fraction of sp³-hybridized carbons (Fsp3) is 0. The van der Waals surface area contributed by atoms with E-state index in [2.05, 4.69) is 5.32 Å². The summed E-state index contributed by atoms with van der Waals surface area (Å²) in [7, 11) is 0. The highest BCUT2D eigenvalue weighted by Crippen LogP contribution is 2.23. The van der Waals surface area contributed by atoms with E-state index < -0.39 is 0 Å². The van der Waals surface area contributed by atoms with Crippen molar-refractivity contribution in [3.63, 3.8) is 0 Å². The van der Waals surface area contributed by atoms with Crippen molar-refractivity contribution in [1.29, 1.82) is 5.26 Å². The second-order valence-corrected chi connectivity index (χ2v) is 5.61. The molecule has 1 amide bonds. The third kappa shape index (κ3) is 3.45. The van der Waals surface area contributed by atoms with Crippen molar-refractivity contribution >= 4 is 23.2 Å². The number of carbonyl (C=O) groups excluding carboxylic acids is 1. The Balaban J connectivity index is 1.79. The number of carbonyl (C=O) groups is 1. The van der Waals surface area contributed by atoms with Gasteiger partial charge in [0.05, 0.1) is 22.2 Å². The average molecular weight is 333 g/mol. The van der Waals surface area contributed by atoms with Crippen molar-refractivity contribution in [3.05, 3.63) is 88.9 Å². The lowest BCUT2D eigenvalue weighted by atomic mass is 10.1. The standard InChI is InChI=1S/C20H13ClN2O/c21-19-11-6-14(13-22)12-18(19)20(24)23-17-9-7-16(8-10-17)15-4-2-1-3-5-15/h1-12H,(H,23,24). The molecule has 0 aliphatic carbocycles. The van der Waals surface area contributed by atoms with Crippen LogP contribution >= 0.6 is 11.6 Å². The number of halogens is 1. The van der Waals surface area contributed by atoms with E-state index in [4.69, 9.17) is 16.9 Å². The van der Waals surface area contributed by atoms with E-state index in [0.717, 1.165) is 11.1 Å². The number of nitrogens with one attached hydrogen (secondary N) is 1. The smallest absolute Gasteiger partial charge is 0.257 e. The van der Waals surface area contributed by atoms with Crippen molar-refractivity contribution < 1.29 is 4.79 Å². The highest BCUT2D eigenvalue weighted by Gasteiger charge is 2.11. The van der Waals surface area contributed by atoms with Crippen LogP contribution < -0.4 is 5.32 Å². The SMILES string of the molecule is N#Cc1ccc(Cl)c(C(=O)Nc2ccc(-c3ccccc3)cc2)c1. The Morgan fingerprint density at radius 1 is 0.917 bits per heavy atom. The van der Waals surface area contributed by atoms with Crippen LogP contribution in [0.1, 0.15) is 15.9 Å². The molecule has 0 atom stereocenters. The maximum Gasteiger partial charge on any atom is 0.257 e. The molecular weight excluding hydrogens is 320 g/mol. The van der Waals surface area contributed by atoms with Crippen molar-refractivity contribution in [3.8, 4) is 17.2 Å². The summed E-state index contributed by atoms with van der Waals surface area (Å²) in [6, 6.07) is 24.2. The average Bonchev–Trinajstić information content (AvgIpc) is 2.63. The van der Waals surface area contributed by atoms with E-state index in [0.29, 0.717) is 16.3 Å². The molecule has 0 unspecified atom stereocenters. The molecule has 0 saturated carbocycles. The van der Waals surface area contributed by atoms with Crippen LogP contribution in [0.3, 0.4) is 0 Å². The predicted molar refractivity (Wildman–Crippen MR) is 96.0 cm³/mol. The molecule has 0 heterocycles. The number of rotatable bonds is 3. The van der Waals surface area contributed by atoms with Gasteiger partial charge in [-0.3, -0.25) is 4.79 Å². The van der Waals surface area contributed by atoms with Crippen LogP contribution in [0.2, 0.25) is 5.02 Å². The van der Waals surface area contributed by atoms with E-state index in [1.54, 1.807) is 12.1 Å². The zero-order valence-corrected chi connectivity index (χ0v) is 13.4. The first kappa shape index (κ1) is 15.8. The molecule has 3 aromatic rings. The van der Waals surface area contributed by atoms with Crippen LogP contribution in [0.5, 0.6) is 0 Å². The predicted octanol–water partition coefficient (Wildman–Crippen LogP) is 5.13. The summed E-state index contributed by atoms with van der Waals surface area (Å²) < 4.78 is 0. The van der Waals surface area contributed by atoms with Gasteiger partial charge in [-0.2, -0.15) is 5.26 Å². The third-order valence-corrected chi connectivity index (χ3v) is 3.92. The second-order valence-electron chi connectivity index (χ2n) is 5.20. The number of nitrogens with zero attached hydrogens (tertiary/aromatic N) is 1. The number of anilines is 1. The summed E-state index contributed by atoms with van der Waals surface area (Å²) in [6.07, 6.45) is 0. The van der Waals surface area contributed by atoms with E-state index >= 15 is 0 Å². The van der Waals surface area contributed by atoms with Crippen LogP contribution in [-0.4, -0.2) is 5.91 Å². The highest BCUT2D eigenvalue weighted by molar-refractivity contribution is 6.34. The highest BCUT2D eigenvalue weighted by atomic mass is 35.5. The van der Waals surface area contributed by atoms with Crippen molar-refractivity contribution in [2.24, 2.45) is 0 Å². The first-order valence-corrected chi connectivity index (χ1v) is 7.71. The topological polar surface area (TPSA) is 52.9 Å². The van der Waals surface area contributed by atoms with Gasteiger partial charge in [0.2, 0.25) is 0 Å². The first-order valence-electron chi connectivity index (χ1n) is 7.34. The summed E-state index contributed by atoms with van der Waals surface area (Å²) in [5.41, 5.74) is 3.52. The lowest BCUT2D eigenvalue weighted by molar-refractivity contribution is 0.102. The summed E-state index contributed by atoms with van der Waals surface area (Å²) in [6.45, 7) is 0. The maximum atomic E-state index is 12.4. The molecule has 3 rings (SSSR count). The molecule has 0 fully saturated rings. The zero-order chi connectivity index (χ0) is 16.9. The molecule has 0 aromatic heterocycles. The molecule has 0 spiro atoms. The molecule has 0 aliphatic rings. The fourth-order valence-corrected chi connectivity index (χ4v) is 2.55.